The molecule has 19 heavy (non-hydrogen) atoms. The Kier molecular flexibility index (Phi) is 5.16. The summed E-state index contributed by atoms with van der Waals surface area (Å²) in [5.74, 6) is 0.675. The molecule has 1 aliphatic rings. The number of hydrogen-bond acceptors (Lipinski definition) is 4. The molecule has 106 valence electrons. The molecule has 0 bridgehead atoms. The predicted octanol–water partition coefficient (Wildman–Crippen LogP) is 2.05. The van der Waals surface area contributed by atoms with Gasteiger partial charge < -0.3 is 15.0 Å². The minimum absolute atomic E-state index is 0.297. The van der Waals surface area contributed by atoms with Crippen LogP contribution in [0.4, 0.5) is 5.69 Å². The largest absolute Gasteiger partial charge is 0.375 e. The van der Waals surface area contributed by atoms with E-state index < -0.39 is 0 Å². The number of nitrogens with zero attached hydrogens (tertiary/aromatic N) is 2. The molecule has 0 radical (unpaired) electrons. The fraction of sp³-hybridized carbons (Fsp3) is 0.667. The van der Waals surface area contributed by atoms with Crippen LogP contribution in [0.15, 0.2) is 18.5 Å². The van der Waals surface area contributed by atoms with Gasteiger partial charge in [0, 0.05) is 25.8 Å². The second-order valence-electron chi connectivity index (χ2n) is 5.66. The predicted molar refractivity (Wildman–Crippen MR) is 78.4 cm³/mol. The molecule has 0 saturated carbocycles. The lowest BCUT2D eigenvalue weighted by atomic mass is 10.1. The van der Waals surface area contributed by atoms with Crippen molar-refractivity contribution < 1.29 is 4.74 Å². The number of ether oxygens (including phenoxy) is 1. The molecule has 1 N–H and O–H groups in total. The topological polar surface area (TPSA) is 37.4 Å². The van der Waals surface area contributed by atoms with Gasteiger partial charge in [-0.3, -0.25) is 4.98 Å². The van der Waals surface area contributed by atoms with Crippen molar-refractivity contribution in [3.63, 3.8) is 0 Å². The van der Waals surface area contributed by atoms with Gasteiger partial charge >= 0.3 is 0 Å². The van der Waals surface area contributed by atoms with E-state index in [2.05, 4.69) is 42.0 Å². The van der Waals surface area contributed by atoms with Gasteiger partial charge in [-0.1, -0.05) is 13.8 Å². The Balaban J connectivity index is 2.02. The van der Waals surface area contributed by atoms with E-state index >= 15 is 0 Å². The van der Waals surface area contributed by atoms with Crippen LogP contribution in [0.3, 0.4) is 0 Å². The summed E-state index contributed by atoms with van der Waals surface area (Å²) in [7, 11) is 0. The van der Waals surface area contributed by atoms with Crippen molar-refractivity contribution in [2.75, 3.05) is 31.1 Å². The highest BCUT2D eigenvalue weighted by Crippen LogP contribution is 2.21. The molecule has 0 spiro atoms. The molecule has 0 aromatic carbocycles. The fourth-order valence-corrected chi connectivity index (χ4v) is 2.38. The summed E-state index contributed by atoms with van der Waals surface area (Å²) in [6.07, 6.45) is 4.15. The van der Waals surface area contributed by atoms with Crippen molar-refractivity contribution >= 4 is 5.69 Å². The van der Waals surface area contributed by atoms with Crippen LogP contribution < -0.4 is 10.2 Å². The number of morpholine rings is 1. The van der Waals surface area contributed by atoms with Crippen molar-refractivity contribution in [1.29, 1.82) is 0 Å². The second-order valence-corrected chi connectivity index (χ2v) is 5.66. The summed E-state index contributed by atoms with van der Waals surface area (Å²) in [6.45, 7) is 11.2. The summed E-state index contributed by atoms with van der Waals surface area (Å²) in [5.41, 5.74) is 2.57. The molecule has 1 aliphatic heterocycles. The SMILES string of the molecule is CC(C)CNCc1ccncc1N1CCOC(C)C1. The highest BCUT2D eigenvalue weighted by Gasteiger charge is 2.19. The Hall–Kier alpha value is -1.13. The Morgan fingerprint density at radius 1 is 1.53 bits per heavy atom. The van der Waals surface area contributed by atoms with E-state index in [4.69, 9.17) is 4.74 Å². The van der Waals surface area contributed by atoms with Crippen LogP contribution in [-0.2, 0) is 11.3 Å². The first-order chi connectivity index (χ1) is 9.16. The molecule has 2 rings (SSSR count). The van der Waals surface area contributed by atoms with E-state index in [1.807, 2.05) is 12.4 Å². The van der Waals surface area contributed by atoms with Gasteiger partial charge in [-0.05, 0) is 31.0 Å². The molecule has 1 atom stereocenters. The van der Waals surface area contributed by atoms with Gasteiger partial charge in [-0.25, -0.2) is 0 Å². The quantitative estimate of drug-likeness (QED) is 0.882. The van der Waals surface area contributed by atoms with Gasteiger partial charge in [0.25, 0.3) is 0 Å². The highest BCUT2D eigenvalue weighted by molar-refractivity contribution is 5.52. The lowest BCUT2D eigenvalue weighted by Crippen LogP contribution is -2.41. The Morgan fingerprint density at radius 2 is 2.37 bits per heavy atom. The monoisotopic (exact) mass is 263 g/mol. The highest BCUT2D eigenvalue weighted by atomic mass is 16.5. The van der Waals surface area contributed by atoms with Crippen LogP contribution >= 0.6 is 0 Å². The molecule has 4 heteroatoms. The van der Waals surface area contributed by atoms with Crippen LogP contribution in [0.1, 0.15) is 26.3 Å². The molecule has 0 amide bonds. The minimum Gasteiger partial charge on any atom is -0.375 e. The van der Waals surface area contributed by atoms with Gasteiger partial charge in [0.1, 0.15) is 0 Å². The van der Waals surface area contributed by atoms with Crippen LogP contribution in [-0.4, -0.2) is 37.3 Å². The summed E-state index contributed by atoms with van der Waals surface area (Å²) in [6, 6.07) is 2.11. The summed E-state index contributed by atoms with van der Waals surface area (Å²) in [4.78, 5) is 6.66. The van der Waals surface area contributed by atoms with Crippen molar-refractivity contribution in [3.05, 3.63) is 24.0 Å². The number of anilines is 1. The smallest absolute Gasteiger partial charge is 0.0722 e. The van der Waals surface area contributed by atoms with Crippen molar-refractivity contribution in [2.24, 2.45) is 5.92 Å². The maximum absolute atomic E-state index is 5.60. The zero-order valence-corrected chi connectivity index (χ0v) is 12.2. The molecule has 1 aromatic rings. The Bertz CT molecular complexity index is 395. The van der Waals surface area contributed by atoms with Gasteiger partial charge in [0.2, 0.25) is 0 Å². The molecule has 4 nitrogen and oxygen atoms in total. The first kappa shape index (κ1) is 14.3. The molecule has 2 heterocycles. The molecular formula is C15H25N3O. The van der Waals surface area contributed by atoms with E-state index in [0.717, 1.165) is 32.8 Å². The lowest BCUT2D eigenvalue weighted by Gasteiger charge is -2.34. The molecule has 1 saturated heterocycles. The first-order valence-corrected chi connectivity index (χ1v) is 7.17. The van der Waals surface area contributed by atoms with E-state index in [-0.39, 0.29) is 0 Å². The van der Waals surface area contributed by atoms with Gasteiger partial charge in [0.15, 0.2) is 0 Å². The van der Waals surface area contributed by atoms with Crippen molar-refractivity contribution in [3.8, 4) is 0 Å². The van der Waals surface area contributed by atoms with Gasteiger partial charge in [0.05, 0.1) is 24.6 Å². The molecule has 1 fully saturated rings. The van der Waals surface area contributed by atoms with E-state index in [1.165, 1.54) is 11.3 Å². The second kappa shape index (κ2) is 6.87. The average Bonchev–Trinajstić information content (AvgIpc) is 2.39. The number of pyridine rings is 1. The summed E-state index contributed by atoms with van der Waals surface area (Å²) < 4.78 is 5.60. The van der Waals surface area contributed by atoms with E-state index in [1.54, 1.807) is 0 Å². The number of hydrogen-bond donors (Lipinski definition) is 1. The van der Waals surface area contributed by atoms with Gasteiger partial charge in [-0.15, -0.1) is 0 Å². The standard InChI is InChI=1S/C15H25N3O/c1-12(2)8-17-9-14-4-5-16-10-15(14)18-6-7-19-13(3)11-18/h4-5,10,12-13,17H,6-9,11H2,1-3H3. The van der Waals surface area contributed by atoms with Gasteiger partial charge in [-0.2, -0.15) is 0 Å². The fourth-order valence-electron chi connectivity index (χ4n) is 2.38. The van der Waals surface area contributed by atoms with Crippen molar-refractivity contribution in [1.82, 2.24) is 10.3 Å². The zero-order valence-electron chi connectivity index (χ0n) is 12.2. The van der Waals surface area contributed by atoms with Crippen LogP contribution in [0.2, 0.25) is 0 Å². The average molecular weight is 263 g/mol. The lowest BCUT2D eigenvalue weighted by molar-refractivity contribution is 0.0531. The third-order valence-corrected chi connectivity index (χ3v) is 3.34. The summed E-state index contributed by atoms with van der Waals surface area (Å²) >= 11 is 0. The molecular weight excluding hydrogens is 238 g/mol. The Labute approximate surface area is 116 Å². The first-order valence-electron chi connectivity index (χ1n) is 7.17. The summed E-state index contributed by atoms with van der Waals surface area (Å²) in [5, 5.41) is 3.51. The third-order valence-electron chi connectivity index (χ3n) is 3.34. The van der Waals surface area contributed by atoms with Crippen LogP contribution in [0.5, 0.6) is 0 Å². The minimum atomic E-state index is 0.297. The molecule has 0 aliphatic carbocycles. The van der Waals surface area contributed by atoms with Crippen LogP contribution in [0, 0.1) is 5.92 Å². The van der Waals surface area contributed by atoms with Crippen molar-refractivity contribution in [2.45, 2.75) is 33.4 Å². The maximum Gasteiger partial charge on any atom is 0.0722 e. The number of nitrogens with one attached hydrogen (secondary N) is 1. The molecule has 1 unspecified atom stereocenters. The third kappa shape index (κ3) is 4.18. The normalized spacial score (nSPS) is 20.0. The van der Waals surface area contributed by atoms with Crippen LogP contribution in [0.25, 0.3) is 0 Å². The number of aromatic nitrogens is 1. The zero-order chi connectivity index (χ0) is 13.7. The molecule has 1 aromatic heterocycles. The maximum atomic E-state index is 5.60. The Morgan fingerprint density at radius 3 is 3.11 bits per heavy atom. The van der Waals surface area contributed by atoms with E-state index in [0.29, 0.717) is 12.0 Å². The van der Waals surface area contributed by atoms with E-state index in [9.17, 15) is 0 Å². The number of rotatable bonds is 5.